The number of hydrogen-bond donors (Lipinski definition) is 3. The van der Waals surface area contributed by atoms with Crippen LogP contribution in [0.15, 0.2) is 0 Å². The van der Waals surface area contributed by atoms with Gasteiger partial charge in [0, 0.05) is 25.8 Å². The third-order valence-corrected chi connectivity index (χ3v) is 4.23. The Hall–Kier alpha value is -2.04. The predicted molar refractivity (Wildman–Crippen MR) is 81.6 cm³/mol. The molecule has 1 aromatic rings. The van der Waals surface area contributed by atoms with Gasteiger partial charge >= 0.3 is 0 Å². The number of tetrazole rings is 1. The number of aryl methyl sites for hydroxylation is 1. The topological polar surface area (TPSA) is 147 Å². The number of H-pyrrole nitrogens is 1. The molecule has 0 aliphatic heterocycles. The zero-order valence-electron chi connectivity index (χ0n) is 13.0. The molecule has 1 heterocycles. The van der Waals surface area contributed by atoms with E-state index in [0.717, 1.165) is 6.42 Å². The summed E-state index contributed by atoms with van der Waals surface area (Å²) in [5.41, 5.74) is 0. The van der Waals surface area contributed by atoms with Crippen LogP contribution in [-0.2, 0) is 26.0 Å². The van der Waals surface area contributed by atoms with E-state index in [0.29, 0.717) is 25.2 Å². The van der Waals surface area contributed by atoms with E-state index in [9.17, 15) is 18.0 Å². The Bertz CT molecular complexity index is 587. The number of aromatic amines is 1. The number of aromatic nitrogens is 4. The lowest BCUT2D eigenvalue weighted by molar-refractivity contribution is -0.121. The second-order valence-corrected chi connectivity index (χ2v) is 6.84. The van der Waals surface area contributed by atoms with Crippen molar-refractivity contribution in [3.8, 4) is 0 Å². The fourth-order valence-corrected chi connectivity index (χ4v) is 2.83. The average Bonchev–Trinajstić information content (AvgIpc) is 2.97. The third-order valence-electron chi connectivity index (χ3n) is 2.87. The molecule has 2 amide bonds. The Labute approximate surface area is 134 Å². The van der Waals surface area contributed by atoms with Crippen LogP contribution in [0, 0.1) is 0 Å². The second kappa shape index (κ2) is 9.87. The van der Waals surface area contributed by atoms with E-state index in [-0.39, 0.29) is 30.9 Å². The largest absolute Gasteiger partial charge is 0.356 e. The molecule has 10 nitrogen and oxygen atoms in total. The van der Waals surface area contributed by atoms with Crippen LogP contribution in [0.4, 0.5) is 0 Å². The average molecular weight is 346 g/mol. The predicted octanol–water partition coefficient (Wildman–Crippen LogP) is -0.725. The van der Waals surface area contributed by atoms with Crippen molar-refractivity contribution in [3.05, 3.63) is 5.82 Å². The maximum Gasteiger partial charge on any atom is 0.234 e. The smallest absolute Gasteiger partial charge is 0.234 e. The first-order valence-corrected chi connectivity index (χ1v) is 9.11. The maximum absolute atomic E-state index is 11.7. The molecule has 11 heteroatoms. The maximum atomic E-state index is 11.7. The highest BCUT2D eigenvalue weighted by Crippen LogP contribution is 2.00. The summed E-state index contributed by atoms with van der Waals surface area (Å²) in [6, 6.07) is 0. The first-order valence-electron chi connectivity index (χ1n) is 7.45. The summed E-state index contributed by atoms with van der Waals surface area (Å²) in [6.07, 6.45) is 2.05. The fraction of sp³-hybridized carbons (Fsp3) is 0.750. The highest BCUT2D eigenvalue weighted by molar-refractivity contribution is 7.90. The molecule has 0 aromatic carbocycles. The van der Waals surface area contributed by atoms with Crippen molar-refractivity contribution in [2.24, 2.45) is 0 Å². The first kappa shape index (κ1) is 19.0. The van der Waals surface area contributed by atoms with Gasteiger partial charge in [-0.1, -0.05) is 6.92 Å². The Balaban J connectivity index is 2.20. The second-order valence-electron chi connectivity index (χ2n) is 5.00. The number of amides is 2. The molecular weight excluding hydrogens is 324 g/mol. The number of carbonyl (C=O) groups excluding carboxylic acids is 2. The van der Waals surface area contributed by atoms with Gasteiger partial charge in [0.05, 0.1) is 5.75 Å². The number of nitrogens with one attached hydrogen (secondary N) is 3. The minimum Gasteiger partial charge on any atom is -0.356 e. The van der Waals surface area contributed by atoms with Gasteiger partial charge in [0.25, 0.3) is 0 Å². The Kier molecular flexibility index (Phi) is 8.16. The van der Waals surface area contributed by atoms with Crippen molar-refractivity contribution in [2.45, 2.75) is 45.4 Å². The van der Waals surface area contributed by atoms with Crippen LogP contribution in [0.3, 0.4) is 0 Å². The molecule has 130 valence electrons. The van der Waals surface area contributed by atoms with Crippen molar-refractivity contribution in [3.63, 3.8) is 0 Å². The van der Waals surface area contributed by atoms with Crippen LogP contribution in [0.5, 0.6) is 0 Å². The Morgan fingerprint density at radius 2 is 1.91 bits per heavy atom. The van der Waals surface area contributed by atoms with Crippen molar-refractivity contribution in [1.29, 1.82) is 0 Å². The molecule has 0 fully saturated rings. The minimum atomic E-state index is -3.71. The summed E-state index contributed by atoms with van der Waals surface area (Å²) >= 11 is 0. The summed E-state index contributed by atoms with van der Waals surface area (Å²) in [7, 11) is -3.71. The SMILES string of the molecule is CCCNC(=O)CCCS(=O)(=O)NC(=O)CCCc1nnn[nH]1. The zero-order chi connectivity index (χ0) is 17.1. The van der Waals surface area contributed by atoms with Crippen LogP contribution in [0.25, 0.3) is 0 Å². The summed E-state index contributed by atoms with van der Waals surface area (Å²) in [4.78, 5) is 22.9. The van der Waals surface area contributed by atoms with Gasteiger partial charge < -0.3 is 5.32 Å². The highest BCUT2D eigenvalue weighted by Gasteiger charge is 2.15. The molecule has 1 rings (SSSR count). The van der Waals surface area contributed by atoms with Crippen molar-refractivity contribution >= 4 is 21.8 Å². The van der Waals surface area contributed by atoms with Gasteiger partial charge in [-0.25, -0.2) is 13.5 Å². The van der Waals surface area contributed by atoms with Crippen LogP contribution in [0.2, 0.25) is 0 Å². The molecule has 23 heavy (non-hydrogen) atoms. The van der Waals surface area contributed by atoms with Gasteiger partial charge in [0.2, 0.25) is 21.8 Å². The number of nitrogens with zero attached hydrogens (tertiary/aromatic N) is 3. The molecule has 0 bridgehead atoms. The standard InChI is InChI=1S/C12H22N6O4S/c1-2-8-13-11(19)7-4-9-23(21,22)16-12(20)6-3-5-10-14-17-18-15-10/h2-9H2,1H3,(H,13,19)(H,16,20)(H,14,15,17,18). The molecule has 0 aliphatic carbocycles. The van der Waals surface area contributed by atoms with Crippen LogP contribution < -0.4 is 10.0 Å². The quantitative estimate of drug-likeness (QED) is 0.479. The summed E-state index contributed by atoms with van der Waals surface area (Å²) in [6.45, 7) is 2.50. The van der Waals surface area contributed by atoms with Crippen molar-refractivity contribution in [2.75, 3.05) is 12.3 Å². The third kappa shape index (κ3) is 8.86. The van der Waals surface area contributed by atoms with Gasteiger partial charge in [-0.2, -0.15) is 0 Å². The van der Waals surface area contributed by atoms with Gasteiger partial charge in [-0.15, -0.1) is 5.10 Å². The summed E-state index contributed by atoms with van der Waals surface area (Å²) in [5, 5.41) is 15.7. The van der Waals surface area contributed by atoms with Crippen molar-refractivity contribution in [1.82, 2.24) is 30.7 Å². The number of sulfonamides is 1. The molecule has 1 aromatic heterocycles. The summed E-state index contributed by atoms with van der Waals surface area (Å²) in [5.74, 6) is -0.481. The van der Waals surface area contributed by atoms with E-state index in [4.69, 9.17) is 0 Å². The van der Waals surface area contributed by atoms with E-state index in [1.54, 1.807) is 0 Å². The van der Waals surface area contributed by atoms with Crippen LogP contribution in [0.1, 0.15) is 44.9 Å². The van der Waals surface area contributed by atoms with E-state index in [1.807, 2.05) is 11.6 Å². The molecular formula is C12H22N6O4S. The lowest BCUT2D eigenvalue weighted by atomic mass is 10.2. The molecule has 0 saturated heterocycles. The van der Waals surface area contributed by atoms with Gasteiger partial charge in [0.1, 0.15) is 5.82 Å². The normalized spacial score (nSPS) is 11.2. The molecule has 0 spiro atoms. The van der Waals surface area contributed by atoms with Gasteiger partial charge in [-0.05, 0) is 29.7 Å². The summed E-state index contributed by atoms with van der Waals surface area (Å²) < 4.78 is 25.4. The number of rotatable bonds is 11. The number of carbonyl (C=O) groups is 2. The molecule has 0 aliphatic rings. The van der Waals surface area contributed by atoms with Crippen molar-refractivity contribution < 1.29 is 18.0 Å². The van der Waals surface area contributed by atoms with Crippen LogP contribution >= 0.6 is 0 Å². The van der Waals surface area contributed by atoms with E-state index >= 15 is 0 Å². The monoisotopic (exact) mass is 346 g/mol. The van der Waals surface area contributed by atoms with Gasteiger partial charge in [-0.3, -0.25) is 14.3 Å². The molecule has 0 radical (unpaired) electrons. The van der Waals surface area contributed by atoms with E-state index in [1.165, 1.54) is 0 Å². The number of hydrogen-bond acceptors (Lipinski definition) is 7. The minimum absolute atomic E-state index is 0.0525. The van der Waals surface area contributed by atoms with Gasteiger partial charge in [0.15, 0.2) is 0 Å². The van der Waals surface area contributed by atoms with E-state index in [2.05, 4.69) is 25.9 Å². The zero-order valence-corrected chi connectivity index (χ0v) is 13.9. The molecule has 0 atom stereocenters. The molecule has 0 unspecified atom stereocenters. The molecule has 3 N–H and O–H groups in total. The Morgan fingerprint density at radius 3 is 2.57 bits per heavy atom. The van der Waals surface area contributed by atoms with E-state index < -0.39 is 15.9 Å². The Morgan fingerprint density at radius 1 is 1.17 bits per heavy atom. The lowest BCUT2D eigenvalue weighted by Crippen LogP contribution is -2.33. The highest BCUT2D eigenvalue weighted by atomic mass is 32.2. The fourth-order valence-electron chi connectivity index (χ4n) is 1.75. The first-order chi connectivity index (χ1) is 10.9. The molecule has 0 saturated carbocycles. The van der Waals surface area contributed by atoms with Crippen LogP contribution in [-0.4, -0.2) is 53.2 Å². The lowest BCUT2D eigenvalue weighted by Gasteiger charge is -2.07.